The number of aromatic nitrogens is 2. The van der Waals surface area contributed by atoms with Crippen molar-refractivity contribution in [2.24, 2.45) is 0 Å². The zero-order valence-electron chi connectivity index (χ0n) is 12.3. The minimum absolute atomic E-state index is 0.254. The van der Waals surface area contributed by atoms with Gasteiger partial charge in [0.05, 0.1) is 16.6 Å². The Morgan fingerprint density at radius 2 is 2.14 bits per heavy atom. The maximum atomic E-state index is 11.7. The van der Waals surface area contributed by atoms with Gasteiger partial charge in [0, 0.05) is 35.3 Å². The SMILES string of the molecule is CCCc1nc2cccc(C(=O)O)c2n1CCS(=O)CC. The second-order valence-corrected chi connectivity index (χ2v) is 6.71. The van der Waals surface area contributed by atoms with Crippen LogP contribution in [0.1, 0.15) is 36.5 Å². The number of benzene rings is 1. The molecular formula is C15H20N2O3S. The summed E-state index contributed by atoms with van der Waals surface area (Å²) in [6.45, 7) is 4.49. The fourth-order valence-corrected chi connectivity index (χ4v) is 3.07. The van der Waals surface area contributed by atoms with Gasteiger partial charge in [-0.1, -0.05) is 19.9 Å². The lowest BCUT2D eigenvalue weighted by atomic mass is 10.2. The van der Waals surface area contributed by atoms with Gasteiger partial charge >= 0.3 is 5.97 Å². The fraction of sp³-hybridized carbons (Fsp3) is 0.467. The Morgan fingerprint density at radius 1 is 1.38 bits per heavy atom. The fourth-order valence-electron chi connectivity index (χ4n) is 2.40. The van der Waals surface area contributed by atoms with Gasteiger partial charge in [-0.3, -0.25) is 4.21 Å². The Hall–Kier alpha value is -1.69. The molecule has 0 amide bonds. The molecule has 2 aromatic rings. The zero-order valence-corrected chi connectivity index (χ0v) is 13.2. The van der Waals surface area contributed by atoms with E-state index < -0.39 is 16.8 Å². The largest absolute Gasteiger partial charge is 0.478 e. The van der Waals surface area contributed by atoms with Crippen molar-refractivity contribution in [2.75, 3.05) is 11.5 Å². The van der Waals surface area contributed by atoms with Crippen molar-refractivity contribution in [3.8, 4) is 0 Å². The van der Waals surface area contributed by atoms with Gasteiger partial charge in [-0.2, -0.15) is 0 Å². The molecule has 0 aliphatic carbocycles. The van der Waals surface area contributed by atoms with Crippen molar-refractivity contribution in [2.45, 2.75) is 33.2 Å². The van der Waals surface area contributed by atoms with E-state index in [-0.39, 0.29) is 5.56 Å². The van der Waals surface area contributed by atoms with E-state index in [1.165, 1.54) is 0 Å². The van der Waals surface area contributed by atoms with E-state index in [1.807, 2.05) is 17.6 Å². The van der Waals surface area contributed by atoms with Gasteiger partial charge in [0.1, 0.15) is 5.82 Å². The number of rotatable bonds is 7. The molecule has 0 saturated carbocycles. The molecule has 5 nitrogen and oxygen atoms in total. The van der Waals surface area contributed by atoms with Crippen LogP contribution in [0.2, 0.25) is 0 Å². The maximum Gasteiger partial charge on any atom is 0.337 e. The quantitative estimate of drug-likeness (QED) is 0.853. The lowest BCUT2D eigenvalue weighted by Crippen LogP contribution is -2.13. The second kappa shape index (κ2) is 6.85. The number of imidazole rings is 1. The molecule has 2 rings (SSSR count). The van der Waals surface area contributed by atoms with E-state index in [0.717, 1.165) is 18.7 Å². The molecule has 0 aliphatic heterocycles. The van der Waals surface area contributed by atoms with Crippen molar-refractivity contribution in [3.63, 3.8) is 0 Å². The summed E-state index contributed by atoms with van der Waals surface area (Å²) in [5.74, 6) is 1.05. The lowest BCUT2D eigenvalue weighted by molar-refractivity contribution is 0.0698. The number of aromatic carboxylic acids is 1. The van der Waals surface area contributed by atoms with Gasteiger partial charge < -0.3 is 9.67 Å². The number of aryl methyl sites for hydroxylation is 2. The van der Waals surface area contributed by atoms with E-state index in [0.29, 0.717) is 29.1 Å². The summed E-state index contributed by atoms with van der Waals surface area (Å²) in [6, 6.07) is 5.13. The van der Waals surface area contributed by atoms with Gasteiger partial charge in [-0.05, 0) is 18.6 Å². The molecule has 1 atom stereocenters. The summed E-state index contributed by atoms with van der Waals surface area (Å²) in [5, 5.41) is 9.37. The van der Waals surface area contributed by atoms with E-state index in [9.17, 15) is 14.1 Å². The van der Waals surface area contributed by atoms with Crippen LogP contribution in [0.15, 0.2) is 18.2 Å². The number of fused-ring (bicyclic) bond motifs is 1. The monoisotopic (exact) mass is 308 g/mol. The van der Waals surface area contributed by atoms with Crippen LogP contribution in [0.5, 0.6) is 0 Å². The van der Waals surface area contributed by atoms with Gasteiger partial charge in [-0.15, -0.1) is 0 Å². The van der Waals surface area contributed by atoms with Crippen LogP contribution in [0.25, 0.3) is 11.0 Å². The van der Waals surface area contributed by atoms with Crippen LogP contribution in [0.3, 0.4) is 0 Å². The molecule has 1 unspecified atom stereocenters. The minimum atomic E-state index is -0.957. The topological polar surface area (TPSA) is 72.2 Å². The van der Waals surface area contributed by atoms with Crippen LogP contribution >= 0.6 is 0 Å². The summed E-state index contributed by atoms with van der Waals surface area (Å²) in [4.78, 5) is 16.0. The minimum Gasteiger partial charge on any atom is -0.478 e. The molecule has 0 bridgehead atoms. The normalized spacial score (nSPS) is 12.7. The van der Waals surface area contributed by atoms with Crippen LogP contribution < -0.4 is 0 Å². The van der Waals surface area contributed by atoms with Gasteiger partial charge in [0.15, 0.2) is 0 Å². The van der Waals surface area contributed by atoms with Crippen molar-refractivity contribution >= 4 is 27.8 Å². The molecule has 6 heteroatoms. The first-order chi connectivity index (χ1) is 10.1. The summed E-state index contributed by atoms with van der Waals surface area (Å²) < 4.78 is 13.6. The molecule has 1 aromatic carbocycles. The van der Waals surface area contributed by atoms with Crippen molar-refractivity contribution in [1.82, 2.24) is 9.55 Å². The molecule has 1 heterocycles. The van der Waals surface area contributed by atoms with Crippen LogP contribution in [-0.2, 0) is 23.8 Å². The Kier molecular flexibility index (Phi) is 5.12. The molecule has 0 radical (unpaired) electrons. The number of carboxylic acids is 1. The maximum absolute atomic E-state index is 11.7. The standard InChI is InChI=1S/C15H20N2O3S/c1-3-6-13-16-12-8-5-7-11(15(18)19)14(12)17(13)9-10-21(20)4-2/h5,7-8H,3-4,6,9-10H2,1-2H3,(H,18,19). The molecule has 21 heavy (non-hydrogen) atoms. The first kappa shape index (κ1) is 15.7. The van der Waals surface area contributed by atoms with Crippen molar-refractivity contribution in [3.05, 3.63) is 29.6 Å². The number of hydrogen-bond acceptors (Lipinski definition) is 3. The van der Waals surface area contributed by atoms with Crippen LogP contribution in [0, 0.1) is 0 Å². The highest BCUT2D eigenvalue weighted by molar-refractivity contribution is 7.84. The average molecular weight is 308 g/mol. The van der Waals surface area contributed by atoms with E-state index in [4.69, 9.17) is 0 Å². The highest BCUT2D eigenvalue weighted by atomic mass is 32.2. The summed E-state index contributed by atoms with van der Waals surface area (Å²) in [5.41, 5.74) is 1.59. The number of carboxylic acid groups (broad SMARTS) is 1. The van der Waals surface area contributed by atoms with Crippen LogP contribution in [-0.4, -0.2) is 36.3 Å². The molecule has 0 fully saturated rings. The number of para-hydroxylation sites is 1. The summed E-state index contributed by atoms with van der Waals surface area (Å²) >= 11 is 0. The van der Waals surface area contributed by atoms with Gasteiger partial charge in [0.25, 0.3) is 0 Å². The first-order valence-corrected chi connectivity index (χ1v) is 8.63. The van der Waals surface area contributed by atoms with Gasteiger partial charge in [-0.25, -0.2) is 9.78 Å². The smallest absolute Gasteiger partial charge is 0.337 e. The number of hydrogen-bond donors (Lipinski definition) is 1. The molecule has 114 valence electrons. The Morgan fingerprint density at radius 3 is 2.76 bits per heavy atom. The Bertz CT molecular complexity index is 679. The molecule has 1 N–H and O–H groups in total. The lowest BCUT2D eigenvalue weighted by Gasteiger charge is -2.09. The third kappa shape index (κ3) is 3.32. The second-order valence-electron chi connectivity index (χ2n) is 4.84. The zero-order chi connectivity index (χ0) is 15.4. The third-order valence-electron chi connectivity index (χ3n) is 3.41. The summed E-state index contributed by atoms with van der Waals surface area (Å²) in [7, 11) is -0.880. The van der Waals surface area contributed by atoms with Crippen LogP contribution in [0.4, 0.5) is 0 Å². The van der Waals surface area contributed by atoms with Crippen molar-refractivity contribution in [1.29, 1.82) is 0 Å². The Labute approximate surface area is 126 Å². The highest BCUT2D eigenvalue weighted by Crippen LogP contribution is 2.22. The van der Waals surface area contributed by atoms with E-state index in [1.54, 1.807) is 12.1 Å². The number of carbonyl (C=O) groups is 1. The first-order valence-electron chi connectivity index (χ1n) is 7.14. The highest BCUT2D eigenvalue weighted by Gasteiger charge is 2.17. The van der Waals surface area contributed by atoms with E-state index in [2.05, 4.69) is 11.9 Å². The molecule has 0 saturated heterocycles. The Balaban J connectivity index is 2.53. The van der Waals surface area contributed by atoms with Gasteiger partial charge in [0.2, 0.25) is 0 Å². The predicted octanol–water partition coefficient (Wildman–Crippen LogP) is 2.46. The molecule has 0 spiro atoms. The third-order valence-corrected chi connectivity index (χ3v) is 4.70. The number of nitrogens with zero attached hydrogens (tertiary/aromatic N) is 2. The van der Waals surface area contributed by atoms with E-state index >= 15 is 0 Å². The van der Waals surface area contributed by atoms with Crippen molar-refractivity contribution < 1.29 is 14.1 Å². The summed E-state index contributed by atoms with van der Waals surface area (Å²) in [6.07, 6.45) is 1.72. The average Bonchev–Trinajstić information content (AvgIpc) is 2.82. The molecule has 0 aliphatic rings. The molecular weight excluding hydrogens is 288 g/mol. The molecule has 1 aromatic heterocycles. The predicted molar refractivity (Wildman–Crippen MR) is 84.2 cm³/mol.